The number of carbonyl (C=O) groups is 1. The molecule has 96 valence electrons. The number of carbonyl (C=O) groups excluding carboxylic acids is 1. The van der Waals surface area contributed by atoms with Gasteiger partial charge in [-0.25, -0.2) is 9.78 Å². The van der Waals surface area contributed by atoms with Crippen LogP contribution >= 0.6 is 38.6 Å². The molecule has 0 aliphatic carbocycles. The van der Waals surface area contributed by atoms with Crippen molar-refractivity contribution in [3.8, 4) is 0 Å². The van der Waals surface area contributed by atoms with E-state index in [4.69, 9.17) is 4.74 Å². The SMILES string of the molecule is COC(=O)c1sc(NCc2cc(Br)cs2)nc1C. The topological polar surface area (TPSA) is 51.2 Å². The standard InChI is InChI=1S/C11H11BrN2O2S2/c1-6-9(10(15)16-2)18-11(14-6)13-4-8-3-7(12)5-17-8/h3,5H,4H2,1-2H3,(H,13,14). The molecular formula is C11H11BrN2O2S2. The Morgan fingerprint density at radius 2 is 2.39 bits per heavy atom. The number of nitrogens with zero attached hydrogens (tertiary/aromatic N) is 1. The third-order valence-corrected chi connectivity index (χ3v) is 5.00. The largest absolute Gasteiger partial charge is 0.465 e. The van der Waals surface area contributed by atoms with Crippen molar-refractivity contribution in [2.45, 2.75) is 13.5 Å². The van der Waals surface area contributed by atoms with Crippen LogP contribution in [0.4, 0.5) is 5.13 Å². The fourth-order valence-corrected chi connectivity index (χ4v) is 3.63. The van der Waals surface area contributed by atoms with E-state index in [1.54, 1.807) is 18.3 Å². The summed E-state index contributed by atoms with van der Waals surface area (Å²) in [4.78, 5) is 17.5. The first-order chi connectivity index (χ1) is 8.60. The summed E-state index contributed by atoms with van der Waals surface area (Å²) in [7, 11) is 1.37. The van der Waals surface area contributed by atoms with Crippen LogP contribution in [0.15, 0.2) is 15.9 Å². The van der Waals surface area contributed by atoms with E-state index in [1.807, 2.05) is 5.38 Å². The molecule has 7 heteroatoms. The van der Waals surface area contributed by atoms with Gasteiger partial charge in [-0.3, -0.25) is 0 Å². The number of hydrogen-bond donors (Lipinski definition) is 1. The van der Waals surface area contributed by atoms with Gasteiger partial charge in [-0.2, -0.15) is 0 Å². The summed E-state index contributed by atoms with van der Waals surface area (Å²) in [5.41, 5.74) is 0.696. The minimum Gasteiger partial charge on any atom is -0.465 e. The second-order valence-electron chi connectivity index (χ2n) is 3.51. The highest BCUT2D eigenvalue weighted by atomic mass is 79.9. The number of halogens is 1. The first-order valence-corrected chi connectivity index (χ1v) is 7.61. The molecule has 0 bridgehead atoms. The van der Waals surface area contributed by atoms with E-state index >= 15 is 0 Å². The van der Waals surface area contributed by atoms with Gasteiger partial charge in [0.1, 0.15) is 4.88 Å². The number of thiazole rings is 1. The lowest BCUT2D eigenvalue weighted by atomic mass is 10.4. The van der Waals surface area contributed by atoms with Crippen molar-refractivity contribution in [2.75, 3.05) is 12.4 Å². The molecule has 0 radical (unpaired) electrons. The maximum atomic E-state index is 11.4. The van der Waals surface area contributed by atoms with Crippen LogP contribution in [-0.4, -0.2) is 18.1 Å². The zero-order valence-corrected chi connectivity index (χ0v) is 13.0. The quantitative estimate of drug-likeness (QED) is 0.858. The van der Waals surface area contributed by atoms with Crippen molar-refractivity contribution in [1.29, 1.82) is 0 Å². The lowest BCUT2D eigenvalue weighted by Gasteiger charge is -1.98. The van der Waals surface area contributed by atoms with Gasteiger partial charge in [-0.1, -0.05) is 11.3 Å². The average Bonchev–Trinajstić information content (AvgIpc) is 2.92. The van der Waals surface area contributed by atoms with E-state index in [-0.39, 0.29) is 5.97 Å². The molecular weight excluding hydrogens is 336 g/mol. The zero-order chi connectivity index (χ0) is 13.1. The Kier molecular flexibility index (Phi) is 4.36. The second-order valence-corrected chi connectivity index (χ2v) is 6.42. The molecule has 0 unspecified atom stereocenters. The number of methoxy groups -OCH3 is 1. The van der Waals surface area contributed by atoms with Gasteiger partial charge >= 0.3 is 5.97 Å². The molecule has 0 aromatic carbocycles. The van der Waals surface area contributed by atoms with Crippen LogP contribution in [0.25, 0.3) is 0 Å². The number of anilines is 1. The third-order valence-electron chi connectivity index (χ3n) is 2.20. The number of rotatable bonds is 4. The van der Waals surface area contributed by atoms with Gasteiger partial charge in [-0.15, -0.1) is 11.3 Å². The third kappa shape index (κ3) is 3.09. The summed E-state index contributed by atoms with van der Waals surface area (Å²) in [5.74, 6) is -0.336. The number of nitrogens with one attached hydrogen (secondary N) is 1. The molecule has 18 heavy (non-hydrogen) atoms. The monoisotopic (exact) mass is 346 g/mol. The summed E-state index contributed by atoms with van der Waals surface area (Å²) in [5, 5.41) is 5.97. The minimum absolute atomic E-state index is 0.336. The Morgan fingerprint density at radius 1 is 1.61 bits per heavy atom. The molecule has 2 aromatic heterocycles. The van der Waals surface area contributed by atoms with E-state index in [0.29, 0.717) is 17.1 Å². The maximum absolute atomic E-state index is 11.4. The molecule has 4 nitrogen and oxygen atoms in total. The van der Waals surface area contributed by atoms with Crippen molar-refractivity contribution in [3.63, 3.8) is 0 Å². The van der Waals surface area contributed by atoms with Gasteiger partial charge in [0, 0.05) is 14.7 Å². The van der Waals surface area contributed by atoms with Crippen molar-refractivity contribution < 1.29 is 9.53 Å². The lowest BCUT2D eigenvalue weighted by molar-refractivity contribution is 0.0605. The Hall–Kier alpha value is -0.920. The summed E-state index contributed by atoms with van der Waals surface area (Å²) in [6, 6.07) is 2.05. The highest BCUT2D eigenvalue weighted by molar-refractivity contribution is 9.10. The number of aryl methyl sites for hydroxylation is 1. The Morgan fingerprint density at radius 3 is 3.00 bits per heavy atom. The van der Waals surface area contributed by atoms with Crippen LogP contribution in [0.1, 0.15) is 20.2 Å². The van der Waals surface area contributed by atoms with Gasteiger partial charge in [0.2, 0.25) is 0 Å². The van der Waals surface area contributed by atoms with Crippen LogP contribution in [0.5, 0.6) is 0 Å². The predicted molar refractivity (Wildman–Crippen MR) is 77.5 cm³/mol. The lowest BCUT2D eigenvalue weighted by Crippen LogP contribution is -1.99. The molecule has 0 fully saturated rings. The van der Waals surface area contributed by atoms with Crippen LogP contribution in [0.2, 0.25) is 0 Å². The first-order valence-electron chi connectivity index (χ1n) is 5.12. The molecule has 0 aliphatic heterocycles. The van der Waals surface area contributed by atoms with E-state index in [9.17, 15) is 4.79 Å². The molecule has 0 saturated carbocycles. The highest BCUT2D eigenvalue weighted by Gasteiger charge is 2.15. The molecule has 2 heterocycles. The molecule has 1 N–H and O–H groups in total. The van der Waals surface area contributed by atoms with Crippen LogP contribution in [0, 0.1) is 6.92 Å². The van der Waals surface area contributed by atoms with Gasteiger partial charge in [0.15, 0.2) is 5.13 Å². The Balaban J connectivity index is 2.04. The van der Waals surface area contributed by atoms with Gasteiger partial charge in [0.05, 0.1) is 19.3 Å². The maximum Gasteiger partial charge on any atom is 0.350 e. The number of aromatic nitrogens is 1. The molecule has 0 aliphatic rings. The fraction of sp³-hybridized carbons (Fsp3) is 0.273. The molecule has 0 spiro atoms. The smallest absolute Gasteiger partial charge is 0.350 e. The Bertz CT molecular complexity index is 565. The predicted octanol–water partition coefficient (Wildman–Crippen LogP) is 3.67. The fourth-order valence-electron chi connectivity index (χ4n) is 1.36. The first kappa shape index (κ1) is 13.5. The Labute approximate surface area is 121 Å². The molecule has 2 rings (SSSR count). The summed E-state index contributed by atoms with van der Waals surface area (Å²) in [6.07, 6.45) is 0. The van der Waals surface area contributed by atoms with E-state index in [2.05, 4.69) is 32.3 Å². The highest BCUT2D eigenvalue weighted by Crippen LogP contribution is 2.25. The number of ether oxygens (including phenoxy) is 1. The normalized spacial score (nSPS) is 10.4. The molecule has 0 atom stereocenters. The number of hydrogen-bond acceptors (Lipinski definition) is 6. The zero-order valence-electron chi connectivity index (χ0n) is 9.82. The van der Waals surface area contributed by atoms with E-state index < -0.39 is 0 Å². The van der Waals surface area contributed by atoms with Gasteiger partial charge < -0.3 is 10.1 Å². The van der Waals surface area contributed by atoms with E-state index in [0.717, 1.165) is 9.60 Å². The molecule has 0 amide bonds. The second kappa shape index (κ2) is 5.81. The summed E-state index contributed by atoms with van der Waals surface area (Å²) >= 11 is 6.39. The van der Waals surface area contributed by atoms with Crippen molar-refractivity contribution in [1.82, 2.24) is 4.98 Å². The van der Waals surface area contributed by atoms with Gasteiger partial charge in [0.25, 0.3) is 0 Å². The van der Waals surface area contributed by atoms with Crippen LogP contribution < -0.4 is 5.32 Å². The molecule has 0 saturated heterocycles. The van der Waals surface area contributed by atoms with Crippen LogP contribution in [0.3, 0.4) is 0 Å². The van der Waals surface area contributed by atoms with Crippen molar-refractivity contribution in [3.05, 3.63) is 31.4 Å². The summed E-state index contributed by atoms with van der Waals surface area (Å²) < 4.78 is 5.77. The van der Waals surface area contributed by atoms with E-state index in [1.165, 1.54) is 23.3 Å². The number of thiophene rings is 1. The van der Waals surface area contributed by atoms with Crippen LogP contribution in [-0.2, 0) is 11.3 Å². The van der Waals surface area contributed by atoms with Gasteiger partial charge in [-0.05, 0) is 28.9 Å². The average molecular weight is 347 g/mol. The molecule has 2 aromatic rings. The number of esters is 1. The summed E-state index contributed by atoms with van der Waals surface area (Å²) in [6.45, 7) is 2.50. The minimum atomic E-state index is -0.336. The van der Waals surface area contributed by atoms with Crippen molar-refractivity contribution >= 4 is 49.7 Å². The van der Waals surface area contributed by atoms with Crippen molar-refractivity contribution in [2.24, 2.45) is 0 Å².